The van der Waals surface area contributed by atoms with Crippen molar-refractivity contribution in [1.29, 1.82) is 0 Å². The minimum absolute atomic E-state index is 0.117. The molecular weight excluding hydrogens is 374 g/mol. The zero-order valence-electron chi connectivity index (χ0n) is 14.3. The molecule has 8 heteroatoms. The number of thiophene rings is 1. The van der Waals surface area contributed by atoms with Gasteiger partial charge in [0.15, 0.2) is 0 Å². The van der Waals surface area contributed by atoms with Gasteiger partial charge in [0, 0.05) is 47.0 Å². The number of amides is 1. The normalized spacial score (nSPS) is 22.5. The van der Waals surface area contributed by atoms with E-state index in [2.05, 4.69) is 16.4 Å². The molecule has 4 rings (SSSR count). The van der Waals surface area contributed by atoms with Gasteiger partial charge >= 0.3 is 0 Å². The lowest BCUT2D eigenvalue weighted by Gasteiger charge is -2.15. The van der Waals surface area contributed by atoms with Crippen LogP contribution in [-0.2, 0) is 9.53 Å². The smallest absolute Gasteiger partial charge is 0.220 e. The maximum absolute atomic E-state index is 11.2. The number of nitrogen functional groups attached to an aromatic ring is 1. The number of hydrogen-bond donors (Lipinski definition) is 3. The number of hydrogen-bond acceptors (Lipinski definition) is 6. The van der Waals surface area contributed by atoms with Gasteiger partial charge in [-0.05, 0) is 31.0 Å². The van der Waals surface area contributed by atoms with Crippen LogP contribution in [0.4, 0.5) is 5.82 Å². The molecule has 0 radical (unpaired) electrons. The van der Waals surface area contributed by atoms with Crippen LogP contribution < -0.4 is 11.1 Å². The van der Waals surface area contributed by atoms with Gasteiger partial charge < -0.3 is 20.9 Å². The molecule has 2 aromatic rings. The first kappa shape index (κ1) is 19.1. The van der Waals surface area contributed by atoms with Crippen molar-refractivity contribution >= 4 is 34.7 Å². The van der Waals surface area contributed by atoms with E-state index in [0.717, 1.165) is 29.9 Å². The van der Waals surface area contributed by atoms with E-state index < -0.39 is 0 Å². The third kappa shape index (κ3) is 4.94. The van der Waals surface area contributed by atoms with Crippen molar-refractivity contribution in [3.05, 3.63) is 34.3 Å². The maximum Gasteiger partial charge on any atom is 0.220 e. The molecule has 0 aromatic carbocycles. The zero-order valence-corrected chi connectivity index (χ0v) is 15.9. The molecular formula is C18H22ClN3O3S. The predicted molar refractivity (Wildman–Crippen MR) is 103 cm³/mol. The molecule has 26 heavy (non-hydrogen) atoms. The van der Waals surface area contributed by atoms with E-state index in [1.54, 1.807) is 23.6 Å². The van der Waals surface area contributed by atoms with E-state index in [4.69, 9.17) is 27.2 Å². The van der Waals surface area contributed by atoms with Crippen LogP contribution >= 0.6 is 22.9 Å². The van der Waals surface area contributed by atoms with Gasteiger partial charge in [-0.1, -0.05) is 11.6 Å². The van der Waals surface area contributed by atoms with Crippen molar-refractivity contribution in [1.82, 2.24) is 10.3 Å². The Balaban J connectivity index is 0.000000236. The molecule has 0 bridgehead atoms. The molecule has 0 aliphatic carbocycles. The first-order valence-electron chi connectivity index (χ1n) is 8.56. The average molecular weight is 396 g/mol. The third-order valence-electron chi connectivity index (χ3n) is 4.28. The number of ether oxygens (including phenoxy) is 1. The summed E-state index contributed by atoms with van der Waals surface area (Å²) in [7, 11) is 0. The number of rotatable bonds is 2. The predicted octanol–water partition coefficient (Wildman–Crippen LogP) is 2.81. The third-order valence-corrected chi connectivity index (χ3v) is 5.87. The van der Waals surface area contributed by atoms with Gasteiger partial charge in [0.05, 0.1) is 17.7 Å². The van der Waals surface area contributed by atoms with Gasteiger partial charge in [-0.25, -0.2) is 4.98 Å². The SMILES string of the molecule is Nc1cc(-c2ccc(C3CNC(=O)C3)s2)c(Cl)cn1.OC1CCCOC1. The summed E-state index contributed by atoms with van der Waals surface area (Å²) in [6, 6.07) is 5.84. The van der Waals surface area contributed by atoms with Crippen LogP contribution in [-0.4, -0.2) is 41.9 Å². The number of aliphatic hydroxyl groups excluding tert-OH is 1. The molecule has 2 atom stereocenters. The van der Waals surface area contributed by atoms with Crippen molar-refractivity contribution in [3.8, 4) is 10.4 Å². The van der Waals surface area contributed by atoms with Crippen LogP contribution in [0, 0.1) is 0 Å². The second kappa shape index (κ2) is 8.81. The highest BCUT2D eigenvalue weighted by molar-refractivity contribution is 7.15. The Morgan fingerprint density at radius 3 is 2.88 bits per heavy atom. The molecule has 2 fully saturated rings. The van der Waals surface area contributed by atoms with Crippen LogP contribution in [0.3, 0.4) is 0 Å². The molecule has 0 spiro atoms. The number of anilines is 1. The van der Waals surface area contributed by atoms with E-state index in [-0.39, 0.29) is 17.9 Å². The maximum atomic E-state index is 11.2. The lowest BCUT2D eigenvalue weighted by molar-refractivity contribution is -0.119. The van der Waals surface area contributed by atoms with Crippen molar-refractivity contribution in [2.24, 2.45) is 0 Å². The lowest BCUT2D eigenvalue weighted by Crippen LogP contribution is -2.21. The molecule has 1 amide bonds. The van der Waals surface area contributed by atoms with E-state index in [1.165, 1.54) is 4.88 Å². The summed E-state index contributed by atoms with van der Waals surface area (Å²) in [6.45, 7) is 2.09. The fourth-order valence-electron chi connectivity index (χ4n) is 2.89. The van der Waals surface area contributed by atoms with Crippen LogP contribution in [0.1, 0.15) is 30.1 Å². The number of pyridine rings is 1. The molecule has 2 unspecified atom stereocenters. The molecule has 4 N–H and O–H groups in total. The first-order valence-corrected chi connectivity index (χ1v) is 9.76. The monoisotopic (exact) mass is 395 g/mol. The number of carbonyl (C=O) groups is 1. The average Bonchev–Trinajstić information content (AvgIpc) is 3.27. The topological polar surface area (TPSA) is 97.5 Å². The van der Waals surface area contributed by atoms with Crippen molar-refractivity contribution in [2.75, 3.05) is 25.5 Å². The van der Waals surface area contributed by atoms with E-state index >= 15 is 0 Å². The fourth-order valence-corrected chi connectivity index (χ4v) is 4.29. The Hall–Kier alpha value is -1.67. The van der Waals surface area contributed by atoms with Gasteiger partial charge in [0.1, 0.15) is 5.82 Å². The number of nitrogens with two attached hydrogens (primary N) is 1. The Bertz CT molecular complexity index is 762. The van der Waals surface area contributed by atoms with Gasteiger partial charge in [-0.15, -0.1) is 11.3 Å². The number of aromatic nitrogens is 1. The number of nitrogens with zero attached hydrogens (tertiary/aromatic N) is 1. The summed E-state index contributed by atoms with van der Waals surface area (Å²) in [4.78, 5) is 17.4. The Kier molecular flexibility index (Phi) is 6.48. The molecule has 0 saturated carbocycles. The largest absolute Gasteiger partial charge is 0.391 e. The molecule has 140 valence electrons. The van der Waals surface area contributed by atoms with Crippen molar-refractivity contribution in [3.63, 3.8) is 0 Å². The first-order chi connectivity index (χ1) is 12.5. The molecule has 2 aliphatic heterocycles. The van der Waals surface area contributed by atoms with Crippen LogP contribution in [0.5, 0.6) is 0 Å². The Morgan fingerprint density at radius 1 is 1.42 bits per heavy atom. The summed E-state index contributed by atoms with van der Waals surface area (Å²) < 4.78 is 4.93. The zero-order chi connectivity index (χ0) is 18.5. The van der Waals surface area contributed by atoms with E-state index in [1.807, 2.05) is 6.07 Å². The minimum atomic E-state index is -0.186. The number of nitrogens with one attached hydrogen (secondary N) is 1. The summed E-state index contributed by atoms with van der Waals surface area (Å²) >= 11 is 7.79. The highest BCUT2D eigenvalue weighted by Crippen LogP contribution is 2.37. The fraction of sp³-hybridized carbons (Fsp3) is 0.444. The summed E-state index contributed by atoms with van der Waals surface area (Å²) in [5, 5.41) is 12.2. The van der Waals surface area contributed by atoms with Gasteiger partial charge in [-0.2, -0.15) is 0 Å². The highest BCUT2D eigenvalue weighted by atomic mass is 35.5. The van der Waals surface area contributed by atoms with E-state index in [9.17, 15) is 4.79 Å². The van der Waals surface area contributed by atoms with Gasteiger partial charge in [-0.3, -0.25) is 4.79 Å². The van der Waals surface area contributed by atoms with Crippen molar-refractivity contribution < 1.29 is 14.6 Å². The number of halogens is 1. The number of aliphatic hydroxyl groups is 1. The molecule has 2 saturated heterocycles. The van der Waals surface area contributed by atoms with Gasteiger partial charge in [0.25, 0.3) is 0 Å². The standard InChI is InChI=1S/C13H12ClN3OS.C5H10O2/c14-9-6-16-12(15)4-8(9)11-2-1-10(19-11)7-3-13(18)17-5-7;6-5-2-1-3-7-4-5/h1-2,4,6-7H,3,5H2,(H2,15,16)(H,17,18);5-6H,1-4H2. The van der Waals surface area contributed by atoms with E-state index in [0.29, 0.717) is 30.4 Å². The summed E-state index contributed by atoms with van der Waals surface area (Å²) in [5.74, 6) is 0.836. The second-order valence-electron chi connectivity index (χ2n) is 6.37. The van der Waals surface area contributed by atoms with Crippen molar-refractivity contribution in [2.45, 2.75) is 31.3 Å². The quantitative estimate of drug-likeness (QED) is 0.726. The summed E-state index contributed by atoms with van der Waals surface area (Å²) in [6.07, 6.45) is 3.87. The van der Waals surface area contributed by atoms with Crippen LogP contribution in [0.2, 0.25) is 5.02 Å². The Labute approximate surface area is 161 Å². The summed E-state index contributed by atoms with van der Waals surface area (Å²) in [5.41, 5.74) is 6.58. The van der Waals surface area contributed by atoms with Crippen LogP contribution in [0.25, 0.3) is 10.4 Å². The number of carbonyl (C=O) groups excluding carboxylic acids is 1. The second-order valence-corrected chi connectivity index (χ2v) is 7.89. The Morgan fingerprint density at radius 2 is 2.27 bits per heavy atom. The molecule has 2 aromatic heterocycles. The minimum Gasteiger partial charge on any atom is -0.391 e. The van der Waals surface area contributed by atoms with Gasteiger partial charge in [0.2, 0.25) is 5.91 Å². The molecule has 2 aliphatic rings. The molecule has 6 nitrogen and oxygen atoms in total. The lowest BCUT2D eigenvalue weighted by atomic mass is 10.1. The molecule has 4 heterocycles. The van der Waals surface area contributed by atoms with Crippen LogP contribution in [0.15, 0.2) is 24.4 Å². The highest BCUT2D eigenvalue weighted by Gasteiger charge is 2.24.